The topological polar surface area (TPSA) is 110 Å². The van der Waals surface area contributed by atoms with Crippen LogP contribution >= 0.6 is 0 Å². The van der Waals surface area contributed by atoms with Gasteiger partial charge in [0.25, 0.3) is 0 Å². The zero-order valence-electron chi connectivity index (χ0n) is 13.5. The van der Waals surface area contributed by atoms with Gasteiger partial charge in [0.15, 0.2) is 0 Å². The first-order chi connectivity index (χ1) is 11.4. The summed E-state index contributed by atoms with van der Waals surface area (Å²) < 4.78 is 33.2. The van der Waals surface area contributed by atoms with E-state index in [1.807, 2.05) is 13.0 Å². The van der Waals surface area contributed by atoms with E-state index >= 15 is 0 Å². The van der Waals surface area contributed by atoms with Crippen molar-refractivity contribution >= 4 is 21.7 Å². The highest BCUT2D eigenvalue weighted by molar-refractivity contribution is 7.88. The third kappa shape index (κ3) is 3.49. The number of nitrogens with zero attached hydrogens (tertiary/aromatic N) is 4. The second kappa shape index (κ2) is 6.36. The Bertz CT molecular complexity index is 827. The Morgan fingerprint density at radius 1 is 1.46 bits per heavy atom. The predicted octanol–water partition coefficient (Wildman–Crippen LogP) is 0.332. The molecule has 2 aromatic heterocycles. The fraction of sp³-hybridized carbons (Fsp3) is 0.500. The molecule has 3 rings (SSSR count). The third-order valence-corrected chi connectivity index (χ3v) is 5.16. The van der Waals surface area contributed by atoms with Gasteiger partial charge in [-0.15, -0.1) is 0 Å². The summed E-state index contributed by atoms with van der Waals surface area (Å²) in [6.45, 7) is 2.38. The quantitative estimate of drug-likeness (QED) is 0.829. The van der Waals surface area contributed by atoms with Gasteiger partial charge >= 0.3 is 0 Å². The summed E-state index contributed by atoms with van der Waals surface area (Å²) in [6, 6.07) is 2.50. The van der Waals surface area contributed by atoms with Crippen molar-refractivity contribution in [2.45, 2.75) is 31.6 Å². The van der Waals surface area contributed by atoms with E-state index in [0.717, 1.165) is 5.69 Å². The van der Waals surface area contributed by atoms with Gasteiger partial charge in [0.1, 0.15) is 23.9 Å². The number of nitrogens with one attached hydrogen (secondary N) is 1. The van der Waals surface area contributed by atoms with E-state index in [2.05, 4.69) is 19.5 Å². The van der Waals surface area contributed by atoms with Crippen LogP contribution in [0.4, 0.5) is 5.82 Å². The van der Waals surface area contributed by atoms with Crippen LogP contribution in [0.3, 0.4) is 0 Å². The number of aromatic nitrogens is 3. The standard InChI is InChI=1S/C14H19N5O4S/c1-10-8-13(18(2)15-10)19-6-3-4-12(14(19)20)17-24(21,22)9-11-5-7-23-16-11/h5,7-8,12,17H,3-4,6,9H2,1-2H3. The zero-order chi connectivity index (χ0) is 17.3. The minimum absolute atomic E-state index is 0.270. The summed E-state index contributed by atoms with van der Waals surface area (Å²) in [6.07, 6.45) is 2.47. The molecule has 24 heavy (non-hydrogen) atoms. The monoisotopic (exact) mass is 353 g/mol. The van der Waals surface area contributed by atoms with Gasteiger partial charge in [-0.1, -0.05) is 5.16 Å². The molecule has 1 N–H and O–H groups in total. The fourth-order valence-corrected chi connectivity index (χ4v) is 4.10. The molecule has 1 saturated heterocycles. The van der Waals surface area contributed by atoms with Crippen LogP contribution in [0.1, 0.15) is 24.2 Å². The predicted molar refractivity (Wildman–Crippen MR) is 85.6 cm³/mol. The van der Waals surface area contributed by atoms with E-state index < -0.39 is 16.1 Å². The van der Waals surface area contributed by atoms with Crippen LogP contribution in [-0.4, -0.2) is 41.8 Å². The SMILES string of the molecule is Cc1cc(N2CCCC(NS(=O)(=O)Cc3ccon3)C2=O)n(C)n1. The summed E-state index contributed by atoms with van der Waals surface area (Å²) >= 11 is 0. The van der Waals surface area contributed by atoms with Crippen molar-refractivity contribution < 1.29 is 17.7 Å². The van der Waals surface area contributed by atoms with Crippen LogP contribution in [0.25, 0.3) is 0 Å². The molecule has 1 aliphatic heterocycles. The van der Waals surface area contributed by atoms with E-state index in [1.165, 1.54) is 12.3 Å². The Balaban J connectivity index is 1.74. The maximum absolute atomic E-state index is 12.7. The summed E-state index contributed by atoms with van der Waals surface area (Å²) in [5, 5.41) is 7.83. The van der Waals surface area contributed by atoms with Gasteiger partial charge in [0.05, 0.1) is 11.4 Å². The molecular weight excluding hydrogens is 334 g/mol. The normalized spacial score (nSPS) is 19.0. The van der Waals surface area contributed by atoms with Crippen LogP contribution in [0.2, 0.25) is 0 Å². The molecule has 2 aromatic rings. The number of sulfonamides is 1. The van der Waals surface area contributed by atoms with Crippen LogP contribution < -0.4 is 9.62 Å². The van der Waals surface area contributed by atoms with Crippen LogP contribution in [0.15, 0.2) is 22.9 Å². The van der Waals surface area contributed by atoms with Crippen molar-refractivity contribution in [1.29, 1.82) is 0 Å². The molecule has 1 aliphatic rings. The van der Waals surface area contributed by atoms with Crippen molar-refractivity contribution in [3.05, 3.63) is 29.8 Å². The highest BCUT2D eigenvalue weighted by Gasteiger charge is 2.34. The summed E-state index contributed by atoms with van der Waals surface area (Å²) in [4.78, 5) is 14.3. The second-order valence-corrected chi connectivity index (χ2v) is 7.57. The number of carbonyl (C=O) groups excluding carboxylic acids is 1. The van der Waals surface area contributed by atoms with Crippen molar-refractivity contribution in [3.8, 4) is 0 Å². The Labute approximate surface area is 139 Å². The average Bonchev–Trinajstić information content (AvgIpc) is 3.10. The van der Waals surface area contributed by atoms with Crippen molar-refractivity contribution in [3.63, 3.8) is 0 Å². The molecule has 0 radical (unpaired) electrons. The van der Waals surface area contributed by atoms with E-state index in [-0.39, 0.29) is 11.7 Å². The van der Waals surface area contributed by atoms with Gasteiger partial charge in [-0.3, -0.25) is 14.4 Å². The van der Waals surface area contributed by atoms with Gasteiger partial charge in [-0.25, -0.2) is 13.1 Å². The molecule has 0 aromatic carbocycles. The molecule has 0 aliphatic carbocycles. The molecule has 130 valence electrons. The van der Waals surface area contributed by atoms with Crippen molar-refractivity contribution in [2.24, 2.45) is 7.05 Å². The Morgan fingerprint density at radius 3 is 2.88 bits per heavy atom. The molecule has 1 unspecified atom stereocenters. The average molecular weight is 353 g/mol. The van der Waals surface area contributed by atoms with Gasteiger partial charge in [-0.05, 0) is 19.8 Å². The number of hydrogen-bond acceptors (Lipinski definition) is 6. The highest BCUT2D eigenvalue weighted by atomic mass is 32.2. The highest BCUT2D eigenvalue weighted by Crippen LogP contribution is 2.22. The molecule has 0 saturated carbocycles. The maximum Gasteiger partial charge on any atom is 0.246 e. The summed E-state index contributed by atoms with van der Waals surface area (Å²) in [5.74, 6) is 0.0730. The first kappa shape index (κ1) is 16.7. The lowest BCUT2D eigenvalue weighted by atomic mass is 10.1. The van der Waals surface area contributed by atoms with E-state index in [0.29, 0.717) is 30.9 Å². The number of hydrogen-bond donors (Lipinski definition) is 1. The molecular formula is C14H19N5O4S. The van der Waals surface area contributed by atoms with Gasteiger partial charge in [0, 0.05) is 25.7 Å². The number of rotatable bonds is 5. The van der Waals surface area contributed by atoms with Crippen molar-refractivity contribution in [1.82, 2.24) is 19.7 Å². The fourth-order valence-electron chi connectivity index (χ4n) is 2.83. The molecule has 1 amide bonds. The number of piperidine rings is 1. The molecule has 0 spiro atoms. The summed E-state index contributed by atoms with van der Waals surface area (Å²) in [7, 11) is -1.93. The van der Waals surface area contributed by atoms with Crippen LogP contribution in [0, 0.1) is 6.92 Å². The number of aryl methyl sites for hydroxylation is 2. The molecule has 10 heteroatoms. The zero-order valence-corrected chi connectivity index (χ0v) is 14.3. The Hall–Kier alpha value is -2.20. The number of amides is 1. The third-order valence-electron chi connectivity index (χ3n) is 3.84. The van der Waals surface area contributed by atoms with Crippen LogP contribution in [0.5, 0.6) is 0 Å². The lowest BCUT2D eigenvalue weighted by Gasteiger charge is -2.32. The second-order valence-electron chi connectivity index (χ2n) is 5.82. The Kier molecular flexibility index (Phi) is 4.41. The minimum atomic E-state index is -3.69. The lowest BCUT2D eigenvalue weighted by Crippen LogP contribution is -2.53. The van der Waals surface area contributed by atoms with Crippen LogP contribution in [-0.2, 0) is 27.6 Å². The minimum Gasteiger partial charge on any atom is -0.364 e. The molecule has 1 atom stereocenters. The maximum atomic E-state index is 12.7. The molecule has 1 fully saturated rings. The van der Waals surface area contributed by atoms with Gasteiger partial charge in [-0.2, -0.15) is 5.10 Å². The van der Waals surface area contributed by atoms with E-state index in [9.17, 15) is 13.2 Å². The molecule has 9 nitrogen and oxygen atoms in total. The van der Waals surface area contributed by atoms with E-state index in [1.54, 1.807) is 16.6 Å². The van der Waals surface area contributed by atoms with Gasteiger partial charge in [0.2, 0.25) is 15.9 Å². The van der Waals surface area contributed by atoms with Crippen molar-refractivity contribution in [2.75, 3.05) is 11.4 Å². The molecule has 3 heterocycles. The molecule has 0 bridgehead atoms. The number of anilines is 1. The van der Waals surface area contributed by atoms with E-state index in [4.69, 9.17) is 0 Å². The smallest absolute Gasteiger partial charge is 0.246 e. The lowest BCUT2D eigenvalue weighted by molar-refractivity contribution is -0.121. The Morgan fingerprint density at radius 2 is 2.25 bits per heavy atom. The number of carbonyl (C=O) groups is 1. The summed E-state index contributed by atoms with van der Waals surface area (Å²) in [5.41, 5.74) is 1.10. The first-order valence-corrected chi connectivity index (χ1v) is 9.22. The first-order valence-electron chi connectivity index (χ1n) is 7.57. The largest absolute Gasteiger partial charge is 0.364 e. The van der Waals surface area contributed by atoms with Gasteiger partial charge < -0.3 is 4.52 Å².